The van der Waals surface area contributed by atoms with Crippen molar-refractivity contribution >= 4 is 11.6 Å². The van der Waals surface area contributed by atoms with Crippen molar-refractivity contribution in [1.29, 1.82) is 0 Å². The Balaban J connectivity index is 1.87. The molecule has 1 heterocycles. The molecule has 21 heavy (non-hydrogen) atoms. The van der Waals surface area contributed by atoms with Crippen LogP contribution in [0.3, 0.4) is 0 Å². The summed E-state index contributed by atoms with van der Waals surface area (Å²) in [6.07, 6.45) is 1.93. The van der Waals surface area contributed by atoms with Gasteiger partial charge in [-0.2, -0.15) is 0 Å². The number of ether oxygens (including phenoxy) is 1. The summed E-state index contributed by atoms with van der Waals surface area (Å²) in [4.78, 5) is 13.6. The van der Waals surface area contributed by atoms with Gasteiger partial charge in [-0.25, -0.2) is 0 Å². The summed E-state index contributed by atoms with van der Waals surface area (Å²) >= 11 is 0. The first kappa shape index (κ1) is 15.8. The molecule has 5 nitrogen and oxygen atoms in total. The second kappa shape index (κ2) is 8.00. The molecule has 5 heteroatoms. The van der Waals surface area contributed by atoms with Crippen LogP contribution in [0.15, 0.2) is 24.3 Å². The molecule has 0 bridgehead atoms. The van der Waals surface area contributed by atoms with E-state index in [1.54, 1.807) is 7.11 Å². The van der Waals surface area contributed by atoms with Crippen molar-refractivity contribution in [3.05, 3.63) is 29.8 Å². The lowest BCUT2D eigenvalue weighted by molar-refractivity contribution is -0.122. The molecule has 1 atom stereocenters. The molecule has 116 valence electrons. The van der Waals surface area contributed by atoms with Crippen LogP contribution in [-0.4, -0.2) is 39.3 Å². The van der Waals surface area contributed by atoms with Crippen molar-refractivity contribution in [2.75, 3.05) is 38.3 Å². The summed E-state index contributed by atoms with van der Waals surface area (Å²) in [7, 11) is 1.70. The Morgan fingerprint density at radius 3 is 2.86 bits per heavy atom. The van der Waals surface area contributed by atoms with Crippen molar-refractivity contribution in [3.63, 3.8) is 0 Å². The van der Waals surface area contributed by atoms with E-state index >= 15 is 0 Å². The predicted octanol–water partition coefficient (Wildman–Crippen LogP) is 1.12. The molecule has 1 amide bonds. The molecule has 1 unspecified atom stereocenters. The Kier molecular flexibility index (Phi) is 6.02. The third-order valence-electron chi connectivity index (χ3n) is 3.94. The third-order valence-corrected chi connectivity index (χ3v) is 3.94. The number of piperidine rings is 1. The van der Waals surface area contributed by atoms with Gasteiger partial charge in [0.1, 0.15) is 0 Å². The van der Waals surface area contributed by atoms with Crippen LogP contribution in [0.5, 0.6) is 0 Å². The maximum Gasteiger partial charge on any atom is 0.222 e. The SMILES string of the molecule is COCCNCc1ccc(N2CCCC(C(N)=O)C2)cc1. The molecule has 0 saturated carbocycles. The van der Waals surface area contributed by atoms with Gasteiger partial charge in [0.2, 0.25) is 5.91 Å². The Labute approximate surface area is 126 Å². The zero-order valence-electron chi connectivity index (χ0n) is 12.7. The van der Waals surface area contributed by atoms with E-state index in [0.29, 0.717) is 0 Å². The van der Waals surface area contributed by atoms with Crippen molar-refractivity contribution in [2.24, 2.45) is 11.7 Å². The highest BCUT2D eigenvalue weighted by atomic mass is 16.5. The van der Waals surface area contributed by atoms with Crippen LogP contribution in [0.25, 0.3) is 0 Å². The van der Waals surface area contributed by atoms with Gasteiger partial charge < -0.3 is 20.7 Å². The number of carbonyl (C=O) groups is 1. The normalized spacial score (nSPS) is 18.7. The van der Waals surface area contributed by atoms with Gasteiger partial charge in [-0.3, -0.25) is 4.79 Å². The number of hydrogen-bond acceptors (Lipinski definition) is 4. The standard InChI is InChI=1S/C16H25N3O2/c1-21-10-8-18-11-13-4-6-15(7-5-13)19-9-2-3-14(12-19)16(17)20/h4-7,14,18H,2-3,8-12H2,1H3,(H2,17,20). The van der Waals surface area contributed by atoms with Crippen molar-refractivity contribution in [2.45, 2.75) is 19.4 Å². The van der Waals surface area contributed by atoms with Crippen LogP contribution < -0.4 is 16.0 Å². The molecule has 0 aromatic heterocycles. The lowest BCUT2D eigenvalue weighted by Gasteiger charge is -2.33. The summed E-state index contributed by atoms with van der Waals surface area (Å²) in [5.74, 6) is -0.201. The summed E-state index contributed by atoms with van der Waals surface area (Å²) in [5, 5.41) is 3.32. The number of nitrogens with zero attached hydrogens (tertiary/aromatic N) is 1. The number of anilines is 1. The average Bonchev–Trinajstić information content (AvgIpc) is 2.52. The largest absolute Gasteiger partial charge is 0.383 e. The molecule has 1 fully saturated rings. The average molecular weight is 291 g/mol. The second-order valence-corrected chi connectivity index (χ2v) is 5.52. The Morgan fingerprint density at radius 2 is 2.19 bits per heavy atom. The fraction of sp³-hybridized carbons (Fsp3) is 0.562. The fourth-order valence-corrected chi connectivity index (χ4v) is 2.68. The second-order valence-electron chi connectivity index (χ2n) is 5.52. The summed E-state index contributed by atoms with van der Waals surface area (Å²) in [5.41, 5.74) is 7.84. The quantitative estimate of drug-likeness (QED) is 0.739. The zero-order valence-corrected chi connectivity index (χ0v) is 12.7. The van der Waals surface area contributed by atoms with Crippen molar-refractivity contribution < 1.29 is 9.53 Å². The molecule has 0 aliphatic carbocycles. The number of hydrogen-bond donors (Lipinski definition) is 2. The van der Waals surface area contributed by atoms with E-state index in [2.05, 4.69) is 34.5 Å². The minimum atomic E-state index is -0.182. The maximum atomic E-state index is 11.3. The highest BCUT2D eigenvalue weighted by Crippen LogP contribution is 2.23. The molecule has 1 aliphatic rings. The first-order valence-corrected chi connectivity index (χ1v) is 7.53. The Bertz CT molecular complexity index is 447. The van der Waals surface area contributed by atoms with Gasteiger partial charge >= 0.3 is 0 Å². The number of methoxy groups -OCH3 is 1. The van der Waals surface area contributed by atoms with Crippen LogP contribution in [0.2, 0.25) is 0 Å². The fourth-order valence-electron chi connectivity index (χ4n) is 2.68. The van der Waals surface area contributed by atoms with Crippen LogP contribution >= 0.6 is 0 Å². The zero-order chi connectivity index (χ0) is 15.1. The smallest absolute Gasteiger partial charge is 0.222 e. The van der Waals surface area contributed by atoms with E-state index in [0.717, 1.165) is 45.6 Å². The third kappa shape index (κ3) is 4.72. The first-order chi connectivity index (χ1) is 10.2. The number of nitrogens with two attached hydrogens (primary N) is 1. The van der Waals surface area contributed by atoms with E-state index < -0.39 is 0 Å². The van der Waals surface area contributed by atoms with Gasteiger partial charge in [0.05, 0.1) is 12.5 Å². The monoisotopic (exact) mass is 291 g/mol. The van der Waals surface area contributed by atoms with E-state index in [1.165, 1.54) is 11.3 Å². The summed E-state index contributed by atoms with van der Waals surface area (Å²) in [6.45, 7) is 4.15. The number of rotatable bonds is 7. The molecule has 1 saturated heterocycles. The predicted molar refractivity (Wildman–Crippen MR) is 84.2 cm³/mol. The maximum absolute atomic E-state index is 11.3. The molecule has 1 aromatic rings. The minimum absolute atomic E-state index is 0.0193. The minimum Gasteiger partial charge on any atom is -0.383 e. The number of primary amides is 1. The molecular weight excluding hydrogens is 266 g/mol. The van der Waals surface area contributed by atoms with Gasteiger partial charge in [0, 0.05) is 39.0 Å². The Morgan fingerprint density at radius 1 is 1.43 bits per heavy atom. The van der Waals surface area contributed by atoms with E-state index in [1.807, 2.05) is 0 Å². The van der Waals surface area contributed by atoms with Crippen LogP contribution in [-0.2, 0) is 16.1 Å². The van der Waals surface area contributed by atoms with Gasteiger partial charge in [-0.1, -0.05) is 12.1 Å². The summed E-state index contributed by atoms with van der Waals surface area (Å²) in [6, 6.07) is 8.50. The van der Waals surface area contributed by atoms with Crippen LogP contribution in [0.4, 0.5) is 5.69 Å². The number of benzene rings is 1. The molecule has 2 rings (SSSR count). The summed E-state index contributed by atoms with van der Waals surface area (Å²) < 4.78 is 5.00. The van der Waals surface area contributed by atoms with Gasteiger partial charge in [-0.05, 0) is 30.5 Å². The highest BCUT2D eigenvalue weighted by Gasteiger charge is 2.23. The first-order valence-electron chi connectivity index (χ1n) is 7.53. The van der Waals surface area contributed by atoms with Crippen molar-refractivity contribution in [3.8, 4) is 0 Å². The molecular formula is C16H25N3O2. The van der Waals surface area contributed by atoms with Gasteiger partial charge in [-0.15, -0.1) is 0 Å². The van der Waals surface area contributed by atoms with E-state index in [4.69, 9.17) is 10.5 Å². The van der Waals surface area contributed by atoms with Crippen molar-refractivity contribution in [1.82, 2.24) is 5.32 Å². The van der Waals surface area contributed by atoms with E-state index in [9.17, 15) is 4.79 Å². The van der Waals surface area contributed by atoms with Gasteiger partial charge in [0.25, 0.3) is 0 Å². The number of carbonyl (C=O) groups excluding carboxylic acids is 1. The number of amides is 1. The lowest BCUT2D eigenvalue weighted by Crippen LogP contribution is -2.41. The molecule has 1 aliphatic heterocycles. The Hall–Kier alpha value is -1.59. The van der Waals surface area contributed by atoms with E-state index in [-0.39, 0.29) is 11.8 Å². The topological polar surface area (TPSA) is 67.6 Å². The molecule has 3 N–H and O–H groups in total. The van der Waals surface area contributed by atoms with Crippen LogP contribution in [0, 0.1) is 5.92 Å². The van der Waals surface area contributed by atoms with Crippen LogP contribution in [0.1, 0.15) is 18.4 Å². The number of nitrogens with one attached hydrogen (secondary N) is 1. The molecule has 0 spiro atoms. The molecule has 0 radical (unpaired) electrons. The lowest BCUT2D eigenvalue weighted by atomic mass is 9.97. The molecule has 1 aromatic carbocycles. The van der Waals surface area contributed by atoms with Gasteiger partial charge in [0.15, 0.2) is 0 Å². The highest BCUT2D eigenvalue weighted by molar-refractivity contribution is 5.77.